The molecule has 1 heterocycles. The minimum absolute atomic E-state index is 0.141. The Labute approximate surface area is 158 Å². The Morgan fingerprint density at radius 1 is 1.04 bits per heavy atom. The van der Waals surface area contributed by atoms with Gasteiger partial charge in [-0.3, -0.25) is 4.79 Å². The van der Waals surface area contributed by atoms with Crippen molar-refractivity contribution in [2.75, 3.05) is 11.4 Å². The Balaban J connectivity index is 1.63. The maximum absolute atomic E-state index is 13.6. The fourth-order valence-electron chi connectivity index (χ4n) is 2.79. The number of hydrogen-bond acceptors (Lipinski definition) is 3. The van der Waals surface area contributed by atoms with Crippen molar-refractivity contribution in [1.82, 2.24) is 10.3 Å². The third-order valence-electron chi connectivity index (χ3n) is 4.33. The lowest BCUT2D eigenvalue weighted by Crippen LogP contribution is -2.25. The maximum atomic E-state index is 13.6. The summed E-state index contributed by atoms with van der Waals surface area (Å²) in [5.74, 6) is 0.209. The van der Waals surface area contributed by atoms with Gasteiger partial charge in [0.2, 0.25) is 0 Å². The molecule has 3 rings (SSSR count). The Morgan fingerprint density at radius 2 is 1.78 bits per heavy atom. The molecular formula is C22H22FN3O. The first-order valence-corrected chi connectivity index (χ1v) is 8.94. The van der Waals surface area contributed by atoms with Crippen LogP contribution < -0.4 is 10.2 Å². The lowest BCUT2D eigenvalue weighted by atomic mass is 10.2. The second kappa shape index (κ2) is 8.94. The summed E-state index contributed by atoms with van der Waals surface area (Å²) in [4.78, 5) is 18.8. The Bertz CT molecular complexity index is 882. The molecule has 1 N–H and O–H groups in total. The van der Waals surface area contributed by atoms with Gasteiger partial charge < -0.3 is 10.2 Å². The van der Waals surface area contributed by atoms with E-state index in [0.29, 0.717) is 11.1 Å². The van der Waals surface area contributed by atoms with Gasteiger partial charge >= 0.3 is 0 Å². The standard InChI is InChI=1S/C22H22FN3O/c1-2-26(16-17-8-4-3-5-9-17)21-13-12-19(15-24-21)22(27)25-14-18-10-6-7-11-20(18)23/h3-13,15H,2,14,16H2,1H3,(H,25,27). The Morgan fingerprint density at radius 3 is 2.44 bits per heavy atom. The zero-order valence-corrected chi connectivity index (χ0v) is 15.2. The first kappa shape index (κ1) is 18.6. The number of pyridine rings is 1. The van der Waals surface area contributed by atoms with Crippen molar-refractivity contribution < 1.29 is 9.18 Å². The van der Waals surface area contributed by atoms with E-state index < -0.39 is 0 Å². The highest BCUT2D eigenvalue weighted by Gasteiger charge is 2.10. The Hall–Kier alpha value is -3.21. The van der Waals surface area contributed by atoms with Gasteiger partial charge in [-0.1, -0.05) is 48.5 Å². The molecule has 0 aliphatic rings. The van der Waals surface area contributed by atoms with E-state index in [1.54, 1.807) is 30.5 Å². The molecule has 0 aliphatic carbocycles. The topological polar surface area (TPSA) is 45.2 Å². The monoisotopic (exact) mass is 363 g/mol. The highest BCUT2D eigenvalue weighted by atomic mass is 19.1. The van der Waals surface area contributed by atoms with Gasteiger partial charge in [0, 0.05) is 31.4 Å². The molecule has 3 aromatic rings. The summed E-state index contributed by atoms with van der Waals surface area (Å²) in [7, 11) is 0. The van der Waals surface area contributed by atoms with Crippen LogP contribution in [0.5, 0.6) is 0 Å². The molecule has 138 valence electrons. The van der Waals surface area contributed by atoms with E-state index in [4.69, 9.17) is 0 Å². The SMILES string of the molecule is CCN(Cc1ccccc1)c1ccc(C(=O)NCc2ccccc2F)cn1. The molecule has 0 aliphatic heterocycles. The molecule has 0 saturated heterocycles. The van der Waals surface area contributed by atoms with Crippen LogP contribution in [0.25, 0.3) is 0 Å². The third kappa shape index (κ3) is 4.91. The van der Waals surface area contributed by atoms with Crippen LogP contribution in [0.15, 0.2) is 72.9 Å². The van der Waals surface area contributed by atoms with E-state index in [0.717, 1.165) is 18.9 Å². The molecular weight excluding hydrogens is 341 g/mol. The van der Waals surface area contributed by atoms with E-state index in [9.17, 15) is 9.18 Å². The van der Waals surface area contributed by atoms with E-state index in [-0.39, 0.29) is 18.3 Å². The van der Waals surface area contributed by atoms with E-state index in [2.05, 4.69) is 34.3 Å². The van der Waals surface area contributed by atoms with Crippen LogP contribution >= 0.6 is 0 Å². The summed E-state index contributed by atoms with van der Waals surface area (Å²) < 4.78 is 13.6. The smallest absolute Gasteiger partial charge is 0.253 e. The summed E-state index contributed by atoms with van der Waals surface area (Å²) in [6, 6.07) is 20.2. The van der Waals surface area contributed by atoms with Crippen molar-refractivity contribution >= 4 is 11.7 Å². The van der Waals surface area contributed by atoms with Gasteiger partial charge in [0.1, 0.15) is 11.6 Å². The van der Waals surface area contributed by atoms with Gasteiger partial charge in [-0.25, -0.2) is 9.37 Å². The number of carbonyl (C=O) groups is 1. The molecule has 0 saturated carbocycles. The summed E-state index contributed by atoms with van der Waals surface area (Å²) in [5.41, 5.74) is 2.11. The van der Waals surface area contributed by atoms with Crippen LogP contribution in [0.2, 0.25) is 0 Å². The number of nitrogens with one attached hydrogen (secondary N) is 1. The molecule has 2 aromatic carbocycles. The zero-order valence-electron chi connectivity index (χ0n) is 15.2. The summed E-state index contributed by atoms with van der Waals surface area (Å²) in [6.07, 6.45) is 1.56. The number of rotatable bonds is 7. The second-order valence-electron chi connectivity index (χ2n) is 6.18. The first-order chi connectivity index (χ1) is 13.2. The normalized spacial score (nSPS) is 10.4. The van der Waals surface area contributed by atoms with Gasteiger partial charge in [-0.15, -0.1) is 0 Å². The van der Waals surface area contributed by atoms with Crippen molar-refractivity contribution in [2.45, 2.75) is 20.0 Å². The minimum atomic E-state index is -0.328. The molecule has 5 heteroatoms. The number of halogens is 1. The predicted molar refractivity (Wildman–Crippen MR) is 105 cm³/mol. The average Bonchev–Trinajstić information content (AvgIpc) is 2.72. The molecule has 0 fully saturated rings. The van der Waals surface area contributed by atoms with Gasteiger partial charge in [-0.05, 0) is 30.7 Å². The Kier molecular flexibility index (Phi) is 6.15. The van der Waals surface area contributed by atoms with Crippen LogP contribution in [0.1, 0.15) is 28.4 Å². The molecule has 1 amide bonds. The molecule has 27 heavy (non-hydrogen) atoms. The fourth-order valence-corrected chi connectivity index (χ4v) is 2.79. The van der Waals surface area contributed by atoms with Crippen LogP contribution in [0.3, 0.4) is 0 Å². The molecule has 0 unspecified atom stereocenters. The number of aromatic nitrogens is 1. The highest BCUT2D eigenvalue weighted by molar-refractivity contribution is 5.94. The van der Waals surface area contributed by atoms with Crippen molar-refractivity contribution in [3.8, 4) is 0 Å². The first-order valence-electron chi connectivity index (χ1n) is 8.94. The fraction of sp³-hybridized carbons (Fsp3) is 0.182. The van der Waals surface area contributed by atoms with Crippen LogP contribution in [0.4, 0.5) is 10.2 Å². The average molecular weight is 363 g/mol. The minimum Gasteiger partial charge on any atom is -0.353 e. The van der Waals surface area contributed by atoms with Crippen molar-refractivity contribution in [3.63, 3.8) is 0 Å². The van der Waals surface area contributed by atoms with Crippen molar-refractivity contribution in [1.29, 1.82) is 0 Å². The number of carbonyl (C=O) groups excluding carboxylic acids is 1. The highest BCUT2D eigenvalue weighted by Crippen LogP contribution is 2.15. The molecule has 0 radical (unpaired) electrons. The predicted octanol–water partition coefficient (Wildman–Crippen LogP) is 4.18. The number of hydrogen-bond donors (Lipinski definition) is 1. The van der Waals surface area contributed by atoms with E-state index in [1.807, 2.05) is 24.3 Å². The largest absolute Gasteiger partial charge is 0.353 e. The zero-order chi connectivity index (χ0) is 19.1. The van der Waals surface area contributed by atoms with Gasteiger partial charge in [0.05, 0.1) is 5.56 Å². The molecule has 4 nitrogen and oxygen atoms in total. The summed E-state index contributed by atoms with van der Waals surface area (Å²) >= 11 is 0. The van der Waals surface area contributed by atoms with Crippen molar-refractivity contribution in [3.05, 3.63) is 95.4 Å². The number of anilines is 1. The lowest BCUT2D eigenvalue weighted by Gasteiger charge is -2.22. The van der Waals surface area contributed by atoms with Gasteiger partial charge in [0.25, 0.3) is 5.91 Å². The number of amides is 1. The third-order valence-corrected chi connectivity index (χ3v) is 4.33. The maximum Gasteiger partial charge on any atom is 0.253 e. The van der Waals surface area contributed by atoms with Gasteiger partial charge in [-0.2, -0.15) is 0 Å². The summed E-state index contributed by atoms with van der Waals surface area (Å²) in [5, 5.41) is 2.73. The number of nitrogens with zero attached hydrogens (tertiary/aromatic N) is 2. The van der Waals surface area contributed by atoms with Crippen LogP contribution in [0, 0.1) is 5.82 Å². The van der Waals surface area contributed by atoms with E-state index >= 15 is 0 Å². The molecule has 0 atom stereocenters. The lowest BCUT2D eigenvalue weighted by molar-refractivity contribution is 0.0950. The van der Waals surface area contributed by atoms with Crippen molar-refractivity contribution in [2.24, 2.45) is 0 Å². The quantitative estimate of drug-likeness (QED) is 0.685. The molecule has 0 spiro atoms. The summed E-state index contributed by atoms with van der Waals surface area (Å²) in [6.45, 7) is 3.77. The number of benzene rings is 2. The van der Waals surface area contributed by atoms with Crippen LogP contribution in [-0.4, -0.2) is 17.4 Å². The van der Waals surface area contributed by atoms with Gasteiger partial charge in [0.15, 0.2) is 0 Å². The second-order valence-corrected chi connectivity index (χ2v) is 6.18. The van der Waals surface area contributed by atoms with E-state index in [1.165, 1.54) is 11.6 Å². The van der Waals surface area contributed by atoms with Crippen LogP contribution in [-0.2, 0) is 13.1 Å². The molecule has 0 bridgehead atoms. The molecule has 1 aromatic heterocycles.